The number of aryl methyl sites for hydroxylation is 1. The second-order valence-electron chi connectivity index (χ2n) is 4.50. The summed E-state index contributed by atoms with van der Waals surface area (Å²) in [4.78, 5) is 4.44. The molecule has 0 aliphatic heterocycles. The molecule has 0 bridgehead atoms. The topological polar surface area (TPSA) is 27.1 Å². The highest BCUT2D eigenvalue weighted by atomic mass is 16.5. The minimum Gasteiger partial charge on any atom is -0.385 e. The number of methoxy groups -OCH3 is 1. The van der Waals surface area contributed by atoms with E-state index in [9.17, 15) is 0 Å². The monoisotopic (exact) mass is 256 g/mol. The normalized spacial score (nSPS) is 11.3. The molecule has 0 fully saturated rings. The smallest absolute Gasteiger partial charge is 0.132 e. The average molecular weight is 256 g/mol. The van der Waals surface area contributed by atoms with Crippen LogP contribution in [0.4, 0.5) is 0 Å². The Morgan fingerprint density at radius 2 is 2.00 bits per heavy atom. The number of rotatable bonds is 6. The molecule has 1 heterocycles. The number of hydrogen-bond donors (Lipinski definition) is 0. The minimum atomic E-state index is 0.777. The van der Waals surface area contributed by atoms with Crippen LogP contribution in [0.1, 0.15) is 23.5 Å². The summed E-state index contributed by atoms with van der Waals surface area (Å²) in [7, 11) is 1.73. The van der Waals surface area contributed by atoms with Crippen molar-refractivity contribution in [3.05, 3.63) is 53.6 Å². The molecule has 3 nitrogen and oxygen atoms in total. The lowest BCUT2D eigenvalue weighted by Gasteiger charge is -2.07. The molecule has 1 aromatic heterocycles. The molecule has 2 rings (SSSR count). The summed E-state index contributed by atoms with van der Waals surface area (Å²) in [5.74, 6) is 0.998. The molecule has 0 unspecified atom stereocenters. The Morgan fingerprint density at radius 3 is 2.74 bits per heavy atom. The van der Waals surface area contributed by atoms with Gasteiger partial charge in [0, 0.05) is 32.2 Å². The highest BCUT2D eigenvalue weighted by Gasteiger charge is 2.03. The predicted molar refractivity (Wildman–Crippen MR) is 78.8 cm³/mol. The zero-order valence-corrected chi connectivity index (χ0v) is 11.5. The molecule has 0 saturated heterocycles. The molecule has 0 radical (unpaired) electrons. The van der Waals surface area contributed by atoms with Crippen molar-refractivity contribution in [2.75, 3.05) is 13.7 Å². The molecule has 0 atom stereocenters. The molecule has 19 heavy (non-hydrogen) atoms. The summed E-state index contributed by atoms with van der Waals surface area (Å²) < 4.78 is 7.32. The van der Waals surface area contributed by atoms with Gasteiger partial charge >= 0.3 is 0 Å². The molecule has 0 saturated carbocycles. The maximum absolute atomic E-state index is 5.10. The Morgan fingerprint density at radius 1 is 1.21 bits per heavy atom. The predicted octanol–water partition coefficient (Wildman–Crippen LogP) is 3.40. The fourth-order valence-corrected chi connectivity index (χ4v) is 2.01. The first kappa shape index (κ1) is 13.6. The van der Waals surface area contributed by atoms with Crippen LogP contribution in [0.3, 0.4) is 0 Å². The summed E-state index contributed by atoms with van der Waals surface area (Å²) >= 11 is 0. The number of aromatic nitrogens is 2. The zero-order chi connectivity index (χ0) is 13.5. The molecule has 3 heteroatoms. The van der Waals surface area contributed by atoms with Gasteiger partial charge < -0.3 is 9.30 Å². The van der Waals surface area contributed by atoms with Crippen molar-refractivity contribution in [3.63, 3.8) is 0 Å². The number of benzene rings is 1. The van der Waals surface area contributed by atoms with Crippen LogP contribution in [0.15, 0.2) is 36.5 Å². The molecule has 2 aromatic rings. The van der Waals surface area contributed by atoms with E-state index in [2.05, 4.69) is 40.8 Å². The first-order chi connectivity index (χ1) is 9.31. The van der Waals surface area contributed by atoms with Gasteiger partial charge in [0.25, 0.3) is 0 Å². The minimum absolute atomic E-state index is 0.777. The maximum atomic E-state index is 5.10. The largest absolute Gasteiger partial charge is 0.385 e. The maximum Gasteiger partial charge on any atom is 0.132 e. The standard InChI is InChI=1S/C16H20N2O/c1-14-13-17-16(18(14)11-6-12-19-2)10-9-15-7-4-3-5-8-15/h3-5,7-10,13H,6,11-12H2,1-2H3/b10-9+. The van der Waals surface area contributed by atoms with Crippen LogP contribution in [-0.4, -0.2) is 23.3 Å². The van der Waals surface area contributed by atoms with Gasteiger partial charge in [0.2, 0.25) is 0 Å². The molecule has 0 aliphatic carbocycles. The van der Waals surface area contributed by atoms with E-state index in [1.165, 1.54) is 11.3 Å². The summed E-state index contributed by atoms with van der Waals surface area (Å²) in [6.07, 6.45) is 7.07. The van der Waals surface area contributed by atoms with E-state index in [1.54, 1.807) is 7.11 Å². The van der Waals surface area contributed by atoms with Crippen LogP contribution in [-0.2, 0) is 11.3 Å². The third-order valence-electron chi connectivity index (χ3n) is 3.04. The van der Waals surface area contributed by atoms with Crippen molar-refractivity contribution in [1.82, 2.24) is 9.55 Å². The second-order valence-corrected chi connectivity index (χ2v) is 4.50. The number of nitrogens with zero attached hydrogens (tertiary/aromatic N) is 2. The number of hydrogen-bond acceptors (Lipinski definition) is 2. The molecule has 100 valence electrons. The molecule has 1 aromatic carbocycles. The Bertz CT molecular complexity index is 529. The van der Waals surface area contributed by atoms with Crippen molar-refractivity contribution in [1.29, 1.82) is 0 Å². The summed E-state index contributed by atoms with van der Waals surface area (Å²) in [5, 5.41) is 0. The summed E-state index contributed by atoms with van der Waals surface area (Å²) in [5.41, 5.74) is 2.37. The molecule has 0 aliphatic rings. The lowest BCUT2D eigenvalue weighted by Crippen LogP contribution is -2.05. The van der Waals surface area contributed by atoms with Crippen LogP contribution in [0, 0.1) is 6.92 Å². The van der Waals surface area contributed by atoms with Gasteiger partial charge in [-0.25, -0.2) is 4.98 Å². The third-order valence-corrected chi connectivity index (χ3v) is 3.04. The van der Waals surface area contributed by atoms with Gasteiger partial charge in [0.05, 0.1) is 0 Å². The van der Waals surface area contributed by atoms with E-state index < -0.39 is 0 Å². The molecule has 0 N–H and O–H groups in total. The van der Waals surface area contributed by atoms with Gasteiger partial charge in [-0.2, -0.15) is 0 Å². The summed E-state index contributed by atoms with van der Waals surface area (Å²) in [6.45, 7) is 3.80. The number of ether oxygens (including phenoxy) is 1. The van der Waals surface area contributed by atoms with Crippen molar-refractivity contribution in [2.45, 2.75) is 19.9 Å². The van der Waals surface area contributed by atoms with Gasteiger partial charge in [0.15, 0.2) is 0 Å². The van der Waals surface area contributed by atoms with Crippen LogP contribution in [0.5, 0.6) is 0 Å². The van der Waals surface area contributed by atoms with E-state index in [4.69, 9.17) is 4.74 Å². The van der Waals surface area contributed by atoms with Gasteiger partial charge in [-0.05, 0) is 25.0 Å². The molecular weight excluding hydrogens is 236 g/mol. The van der Waals surface area contributed by atoms with Crippen LogP contribution in [0.2, 0.25) is 0 Å². The quantitative estimate of drug-likeness (QED) is 0.741. The molecular formula is C16H20N2O. The van der Waals surface area contributed by atoms with E-state index >= 15 is 0 Å². The molecule has 0 amide bonds. The highest BCUT2D eigenvalue weighted by molar-refractivity contribution is 5.66. The number of imidazole rings is 1. The van der Waals surface area contributed by atoms with Crippen molar-refractivity contribution >= 4 is 12.2 Å². The van der Waals surface area contributed by atoms with Crippen molar-refractivity contribution in [3.8, 4) is 0 Å². The van der Waals surface area contributed by atoms with Gasteiger partial charge in [-0.1, -0.05) is 36.4 Å². The van der Waals surface area contributed by atoms with E-state index in [0.29, 0.717) is 0 Å². The van der Waals surface area contributed by atoms with Crippen LogP contribution < -0.4 is 0 Å². The Labute approximate surface area is 114 Å². The van der Waals surface area contributed by atoms with Crippen molar-refractivity contribution in [2.24, 2.45) is 0 Å². The van der Waals surface area contributed by atoms with Crippen molar-refractivity contribution < 1.29 is 4.74 Å². The van der Waals surface area contributed by atoms with Crippen LogP contribution in [0.25, 0.3) is 12.2 Å². The lowest BCUT2D eigenvalue weighted by atomic mass is 10.2. The Balaban J connectivity index is 2.10. The second kappa shape index (κ2) is 6.90. The van der Waals surface area contributed by atoms with E-state index in [-0.39, 0.29) is 0 Å². The fourth-order valence-electron chi connectivity index (χ4n) is 2.01. The summed E-state index contributed by atoms with van der Waals surface area (Å²) in [6, 6.07) is 10.3. The first-order valence-electron chi connectivity index (χ1n) is 6.55. The van der Waals surface area contributed by atoms with Crippen LogP contribution >= 0.6 is 0 Å². The Kier molecular flexibility index (Phi) is 4.93. The van der Waals surface area contributed by atoms with Gasteiger partial charge in [-0.3, -0.25) is 0 Å². The third kappa shape index (κ3) is 3.80. The van der Waals surface area contributed by atoms with Gasteiger partial charge in [0.1, 0.15) is 5.82 Å². The van der Waals surface area contributed by atoms with E-state index in [0.717, 1.165) is 25.4 Å². The SMILES string of the molecule is COCCCn1c(C)cnc1/C=C/c1ccccc1. The first-order valence-corrected chi connectivity index (χ1v) is 6.55. The highest BCUT2D eigenvalue weighted by Crippen LogP contribution is 2.10. The average Bonchev–Trinajstić information content (AvgIpc) is 2.79. The lowest BCUT2D eigenvalue weighted by molar-refractivity contribution is 0.190. The van der Waals surface area contributed by atoms with E-state index in [1.807, 2.05) is 24.4 Å². The molecule has 0 spiro atoms. The Hall–Kier alpha value is -1.87. The fraction of sp³-hybridized carbons (Fsp3) is 0.312. The zero-order valence-electron chi connectivity index (χ0n) is 11.5. The van der Waals surface area contributed by atoms with Gasteiger partial charge in [-0.15, -0.1) is 0 Å².